The van der Waals surface area contributed by atoms with Crippen LogP contribution in [-0.4, -0.2) is 5.91 Å². The molecule has 4 heteroatoms. The van der Waals surface area contributed by atoms with E-state index in [9.17, 15) is 13.6 Å². The van der Waals surface area contributed by atoms with Gasteiger partial charge in [0.25, 0.3) is 0 Å². The molecule has 0 unspecified atom stereocenters. The van der Waals surface area contributed by atoms with Gasteiger partial charge in [-0.2, -0.15) is 0 Å². The monoisotopic (exact) mass is 227 g/mol. The van der Waals surface area contributed by atoms with Crippen LogP contribution in [0.1, 0.15) is 26.3 Å². The minimum atomic E-state index is -0.750. The Morgan fingerprint density at radius 2 is 1.94 bits per heavy atom. The van der Waals surface area contributed by atoms with Gasteiger partial charge < -0.3 is 5.32 Å². The molecule has 0 fully saturated rings. The van der Waals surface area contributed by atoms with Gasteiger partial charge in [0, 0.05) is 13.0 Å². The molecule has 1 rings (SSSR count). The standard InChI is InChI=1S/C12H15F2NO/c1-7(2)4-9-5-12(15-8(3)16)11(14)6-10(9)13/h5-7H,4H2,1-3H3,(H,15,16). The van der Waals surface area contributed by atoms with Crippen molar-refractivity contribution in [1.82, 2.24) is 0 Å². The largest absolute Gasteiger partial charge is 0.324 e. The van der Waals surface area contributed by atoms with Crippen molar-refractivity contribution in [3.8, 4) is 0 Å². The Balaban J connectivity index is 3.05. The average Bonchev–Trinajstić information content (AvgIpc) is 2.11. The minimum Gasteiger partial charge on any atom is -0.324 e. The quantitative estimate of drug-likeness (QED) is 0.844. The summed E-state index contributed by atoms with van der Waals surface area (Å²) in [6.45, 7) is 5.17. The summed E-state index contributed by atoms with van der Waals surface area (Å²) >= 11 is 0. The van der Waals surface area contributed by atoms with Crippen LogP contribution in [-0.2, 0) is 11.2 Å². The highest BCUT2D eigenvalue weighted by Gasteiger charge is 2.11. The zero-order chi connectivity index (χ0) is 12.3. The lowest BCUT2D eigenvalue weighted by molar-refractivity contribution is -0.114. The Labute approximate surface area is 93.7 Å². The Morgan fingerprint density at radius 3 is 2.44 bits per heavy atom. The van der Waals surface area contributed by atoms with E-state index >= 15 is 0 Å². The molecule has 1 aromatic rings. The van der Waals surface area contributed by atoms with Crippen LogP contribution in [0.4, 0.5) is 14.5 Å². The molecule has 1 aromatic carbocycles. The van der Waals surface area contributed by atoms with Crippen LogP contribution in [0.15, 0.2) is 12.1 Å². The van der Waals surface area contributed by atoms with E-state index in [1.54, 1.807) is 0 Å². The topological polar surface area (TPSA) is 29.1 Å². The molecule has 0 atom stereocenters. The fourth-order valence-electron chi connectivity index (χ4n) is 1.48. The Kier molecular flexibility index (Phi) is 3.99. The Morgan fingerprint density at radius 1 is 1.31 bits per heavy atom. The number of benzene rings is 1. The number of nitrogens with one attached hydrogen (secondary N) is 1. The van der Waals surface area contributed by atoms with Crippen molar-refractivity contribution in [1.29, 1.82) is 0 Å². The summed E-state index contributed by atoms with van der Waals surface area (Å²) in [7, 11) is 0. The number of hydrogen-bond donors (Lipinski definition) is 1. The van der Waals surface area contributed by atoms with Crippen LogP contribution >= 0.6 is 0 Å². The third kappa shape index (κ3) is 3.29. The summed E-state index contributed by atoms with van der Waals surface area (Å²) in [5.74, 6) is -1.42. The van der Waals surface area contributed by atoms with E-state index in [0.717, 1.165) is 6.07 Å². The highest BCUT2D eigenvalue weighted by Crippen LogP contribution is 2.21. The second-order valence-corrected chi connectivity index (χ2v) is 4.20. The molecule has 0 aliphatic carbocycles. The normalized spacial score (nSPS) is 10.6. The molecule has 2 nitrogen and oxygen atoms in total. The van der Waals surface area contributed by atoms with Crippen molar-refractivity contribution >= 4 is 11.6 Å². The fourth-order valence-corrected chi connectivity index (χ4v) is 1.48. The van der Waals surface area contributed by atoms with Crippen LogP contribution in [0, 0.1) is 17.6 Å². The van der Waals surface area contributed by atoms with Gasteiger partial charge in [0.05, 0.1) is 5.69 Å². The van der Waals surface area contributed by atoms with E-state index in [2.05, 4.69) is 5.32 Å². The number of halogens is 2. The highest BCUT2D eigenvalue weighted by molar-refractivity contribution is 5.88. The van der Waals surface area contributed by atoms with Crippen LogP contribution in [0.3, 0.4) is 0 Å². The molecule has 1 N–H and O–H groups in total. The SMILES string of the molecule is CC(=O)Nc1cc(CC(C)C)c(F)cc1F. The first-order valence-corrected chi connectivity index (χ1v) is 5.15. The molecule has 1 amide bonds. The number of carbonyl (C=O) groups excluding carboxylic acids is 1. The minimum absolute atomic E-state index is 0.0320. The third-order valence-corrected chi connectivity index (χ3v) is 2.07. The molecule has 0 spiro atoms. The maximum Gasteiger partial charge on any atom is 0.221 e. The van der Waals surface area contributed by atoms with Gasteiger partial charge in [0.2, 0.25) is 5.91 Å². The molecule has 0 aliphatic heterocycles. The summed E-state index contributed by atoms with van der Waals surface area (Å²) in [5.41, 5.74) is 0.449. The Hall–Kier alpha value is -1.45. The summed E-state index contributed by atoms with van der Waals surface area (Å²) in [4.78, 5) is 10.8. The maximum absolute atomic E-state index is 13.4. The molecule has 16 heavy (non-hydrogen) atoms. The molecular weight excluding hydrogens is 212 g/mol. The van der Waals surface area contributed by atoms with Gasteiger partial charge in [-0.25, -0.2) is 8.78 Å². The number of anilines is 1. The zero-order valence-corrected chi connectivity index (χ0v) is 9.60. The van der Waals surface area contributed by atoms with Crippen molar-refractivity contribution < 1.29 is 13.6 Å². The van der Waals surface area contributed by atoms with E-state index in [1.165, 1.54) is 13.0 Å². The number of amides is 1. The van der Waals surface area contributed by atoms with Crippen LogP contribution in [0.5, 0.6) is 0 Å². The lowest BCUT2D eigenvalue weighted by atomic mass is 10.0. The summed E-state index contributed by atoms with van der Waals surface area (Å²) in [6, 6.07) is 2.16. The second-order valence-electron chi connectivity index (χ2n) is 4.20. The smallest absolute Gasteiger partial charge is 0.221 e. The molecular formula is C12H15F2NO. The van der Waals surface area contributed by atoms with E-state index in [4.69, 9.17) is 0 Å². The van der Waals surface area contributed by atoms with Crippen molar-refractivity contribution in [3.63, 3.8) is 0 Å². The van der Waals surface area contributed by atoms with Crippen molar-refractivity contribution in [3.05, 3.63) is 29.3 Å². The molecule has 0 saturated carbocycles. The molecule has 0 heterocycles. The van der Waals surface area contributed by atoms with Crippen LogP contribution in [0.2, 0.25) is 0 Å². The molecule has 0 radical (unpaired) electrons. The van der Waals surface area contributed by atoms with Gasteiger partial charge in [-0.1, -0.05) is 13.8 Å². The molecule has 0 aromatic heterocycles. The van der Waals surface area contributed by atoms with E-state index < -0.39 is 11.6 Å². The maximum atomic E-state index is 13.4. The number of carbonyl (C=O) groups is 1. The van der Waals surface area contributed by atoms with Crippen LogP contribution in [0.25, 0.3) is 0 Å². The first-order valence-electron chi connectivity index (χ1n) is 5.15. The van der Waals surface area contributed by atoms with E-state index in [-0.39, 0.29) is 17.5 Å². The van der Waals surface area contributed by atoms with E-state index in [0.29, 0.717) is 12.0 Å². The molecule has 0 bridgehead atoms. The summed E-state index contributed by atoms with van der Waals surface area (Å²) in [6.07, 6.45) is 0.513. The van der Waals surface area contributed by atoms with Gasteiger partial charge in [-0.3, -0.25) is 4.79 Å². The van der Waals surface area contributed by atoms with E-state index in [1.807, 2.05) is 13.8 Å². The zero-order valence-electron chi connectivity index (χ0n) is 9.60. The van der Waals surface area contributed by atoms with Crippen LogP contribution < -0.4 is 5.32 Å². The van der Waals surface area contributed by atoms with Gasteiger partial charge in [-0.05, 0) is 24.0 Å². The average molecular weight is 227 g/mol. The number of hydrogen-bond acceptors (Lipinski definition) is 1. The van der Waals surface area contributed by atoms with Crippen molar-refractivity contribution in [2.45, 2.75) is 27.2 Å². The first kappa shape index (κ1) is 12.6. The summed E-state index contributed by atoms with van der Waals surface area (Å²) < 4.78 is 26.6. The van der Waals surface area contributed by atoms with Crippen molar-refractivity contribution in [2.24, 2.45) is 5.92 Å². The van der Waals surface area contributed by atoms with Crippen molar-refractivity contribution in [2.75, 3.05) is 5.32 Å². The third-order valence-electron chi connectivity index (χ3n) is 2.07. The molecule has 88 valence electrons. The lowest BCUT2D eigenvalue weighted by Crippen LogP contribution is -2.09. The van der Waals surface area contributed by atoms with Gasteiger partial charge in [0.15, 0.2) is 0 Å². The van der Waals surface area contributed by atoms with Gasteiger partial charge in [-0.15, -0.1) is 0 Å². The van der Waals surface area contributed by atoms with Gasteiger partial charge in [0.1, 0.15) is 11.6 Å². The fraction of sp³-hybridized carbons (Fsp3) is 0.417. The second kappa shape index (κ2) is 5.05. The highest BCUT2D eigenvalue weighted by atomic mass is 19.1. The molecule has 0 saturated heterocycles. The summed E-state index contributed by atoms with van der Waals surface area (Å²) in [5, 5.41) is 2.33. The molecule has 0 aliphatic rings. The lowest BCUT2D eigenvalue weighted by Gasteiger charge is -2.10. The number of rotatable bonds is 3. The first-order chi connectivity index (χ1) is 7.40. The Bertz CT molecular complexity index is 402. The predicted octanol–water partition coefficient (Wildman–Crippen LogP) is 3.12. The van der Waals surface area contributed by atoms with Gasteiger partial charge >= 0.3 is 0 Å². The predicted molar refractivity (Wildman–Crippen MR) is 59.2 cm³/mol.